The van der Waals surface area contributed by atoms with Gasteiger partial charge in [-0.15, -0.1) is 0 Å². The number of benzene rings is 1. The Morgan fingerprint density at radius 3 is 2.70 bits per heavy atom. The topological polar surface area (TPSA) is 41.1 Å². The van der Waals surface area contributed by atoms with Crippen LogP contribution < -0.4 is 10.6 Å². The number of urea groups is 1. The Kier molecular flexibility index (Phi) is 3.68. The molecule has 0 heterocycles. The van der Waals surface area contributed by atoms with E-state index in [0.717, 1.165) is 23.1 Å². The second-order valence-electron chi connectivity index (χ2n) is 6.54. The first-order valence-corrected chi connectivity index (χ1v) is 7.76. The molecule has 0 spiro atoms. The van der Waals surface area contributed by atoms with Crippen LogP contribution in [0.15, 0.2) is 24.3 Å². The Bertz CT molecular complexity index is 500. The molecule has 2 saturated carbocycles. The predicted octanol–water partition coefficient (Wildman–Crippen LogP) is 3.94. The van der Waals surface area contributed by atoms with Gasteiger partial charge in [0.25, 0.3) is 0 Å². The van der Waals surface area contributed by atoms with Crippen LogP contribution in [0.5, 0.6) is 0 Å². The molecule has 0 aromatic heterocycles. The summed E-state index contributed by atoms with van der Waals surface area (Å²) in [5.41, 5.74) is 1.99. The van der Waals surface area contributed by atoms with Gasteiger partial charge in [-0.3, -0.25) is 0 Å². The normalized spacial score (nSPS) is 29.2. The monoisotopic (exact) mass is 272 g/mol. The van der Waals surface area contributed by atoms with E-state index in [4.69, 9.17) is 0 Å². The van der Waals surface area contributed by atoms with Crippen molar-refractivity contribution in [1.82, 2.24) is 5.32 Å². The van der Waals surface area contributed by atoms with Gasteiger partial charge in [0, 0.05) is 11.7 Å². The van der Waals surface area contributed by atoms with Crippen LogP contribution in [0.1, 0.15) is 38.2 Å². The summed E-state index contributed by atoms with van der Waals surface area (Å²) in [6.07, 6.45) is 5.45. The van der Waals surface area contributed by atoms with E-state index in [1.165, 1.54) is 25.7 Å². The number of amides is 2. The minimum atomic E-state index is -0.0745. The summed E-state index contributed by atoms with van der Waals surface area (Å²) >= 11 is 0. The second-order valence-corrected chi connectivity index (χ2v) is 6.54. The lowest BCUT2D eigenvalue weighted by atomic mass is 9.84. The summed E-state index contributed by atoms with van der Waals surface area (Å²) in [6, 6.07) is 8.08. The van der Waals surface area contributed by atoms with Gasteiger partial charge in [0.15, 0.2) is 0 Å². The maximum Gasteiger partial charge on any atom is 0.319 e. The number of hydrogen-bond acceptors (Lipinski definition) is 1. The Balaban J connectivity index is 1.55. The number of aryl methyl sites for hydroxylation is 1. The molecule has 4 unspecified atom stereocenters. The van der Waals surface area contributed by atoms with Crippen molar-refractivity contribution < 1.29 is 4.79 Å². The average Bonchev–Trinajstić information content (AvgIpc) is 3.03. The van der Waals surface area contributed by atoms with E-state index in [2.05, 4.69) is 17.6 Å². The van der Waals surface area contributed by atoms with Gasteiger partial charge in [-0.1, -0.05) is 24.6 Å². The van der Waals surface area contributed by atoms with Crippen LogP contribution in [0, 0.1) is 24.7 Å². The van der Waals surface area contributed by atoms with Crippen molar-refractivity contribution in [3.8, 4) is 0 Å². The van der Waals surface area contributed by atoms with Crippen LogP contribution in [0.4, 0.5) is 10.5 Å². The molecule has 2 amide bonds. The second kappa shape index (κ2) is 5.47. The average molecular weight is 272 g/mol. The Morgan fingerprint density at radius 2 is 2.05 bits per heavy atom. The highest BCUT2D eigenvalue weighted by molar-refractivity contribution is 5.90. The molecule has 108 valence electrons. The fraction of sp³-hybridized carbons (Fsp3) is 0.588. The van der Waals surface area contributed by atoms with Gasteiger partial charge in [-0.25, -0.2) is 4.79 Å². The molecule has 1 aromatic carbocycles. The van der Waals surface area contributed by atoms with Crippen molar-refractivity contribution >= 4 is 11.7 Å². The molecule has 2 aliphatic carbocycles. The van der Waals surface area contributed by atoms with Crippen molar-refractivity contribution in [3.05, 3.63) is 29.8 Å². The molecule has 0 radical (unpaired) electrons. The Hall–Kier alpha value is -1.51. The smallest absolute Gasteiger partial charge is 0.319 e. The molecule has 3 heteroatoms. The number of carbonyl (C=O) groups is 1. The van der Waals surface area contributed by atoms with Gasteiger partial charge in [-0.05, 0) is 62.5 Å². The number of carbonyl (C=O) groups excluding carboxylic acids is 1. The summed E-state index contributed by atoms with van der Waals surface area (Å²) in [6.45, 7) is 4.16. The summed E-state index contributed by atoms with van der Waals surface area (Å²) < 4.78 is 0. The van der Waals surface area contributed by atoms with Crippen molar-refractivity contribution in [2.24, 2.45) is 17.8 Å². The molecule has 2 N–H and O–H groups in total. The van der Waals surface area contributed by atoms with Crippen molar-refractivity contribution in [1.29, 1.82) is 0 Å². The molecule has 2 bridgehead atoms. The summed E-state index contributed by atoms with van der Waals surface area (Å²) in [5, 5.41) is 6.09. The van der Waals surface area contributed by atoms with Crippen LogP contribution in [-0.4, -0.2) is 12.1 Å². The molecule has 0 aliphatic heterocycles. The predicted molar refractivity (Wildman–Crippen MR) is 81.7 cm³/mol. The van der Waals surface area contributed by atoms with Crippen LogP contribution in [0.25, 0.3) is 0 Å². The lowest BCUT2D eigenvalue weighted by molar-refractivity contribution is 0.230. The van der Waals surface area contributed by atoms with E-state index >= 15 is 0 Å². The van der Waals surface area contributed by atoms with E-state index in [1.807, 2.05) is 31.2 Å². The molecular formula is C17H24N2O. The number of fused-ring (bicyclic) bond motifs is 2. The van der Waals surface area contributed by atoms with E-state index < -0.39 is 0 Å². The van der Waals surface area contributed by atoms with Crippen molar-refractivity contribution in [2.45, 2.75) is 45.6 Å². The lowest BCUT2D eigenvalue weighted by Crippen LogP contribution is -2.42. The number of para-hydroxylation sites is 1. The largest absolute Gasteiger partial charge is 0.335 e. The molecule has 1 aromatic rings. The number of rotatable bonds is 3. The molecule has 3 rings (SSSR count). The van der Waals surface area contributed by atoms with Crippen molar-refractivity contribution in [2.75, 3.05) is 5.32 Å². The minimum absolute atomic E-state index is 0.0745. The molecule has 3 nitrogen and oxygen atoms in total. The first kappa shape index (κ1) is 13.5. The fourth-order valence-electron chi connectivity index (χ4n) is 4.09. The minimum Gasteiger partial charge on any atom is -0.335 e. The number of hydrogen-bond donors (Lipinski definition) is 2. The van der Waals surface area contributed by atoms with E-state index in [-0.39, 0.29) is 12.1 Å². The first-order valence-electron chi connectivity index (χ1n) is 7.76. The maximum absolute atomic E-state index is 12.1. The third-order valence-corrected chi connectivity index (χ3v) is 5.19. The Morgan fingerprint density at radius 1 is 1.25 bits per heavy atom. The van der Waals surface area contributed by atoms with Gasteiger partial charge in [0.1, 0.15) is 0 Å². The van der Waals surface area contributed by atoms with Crippen LogP contribution in [0.3, 0.4) is 0 Å². The van der Waals surface area contributed by atoms with Crippen molar-refractivity contribution in [3.63, 3.8) is 0 Å². The summed E-state index contributed by atoms with van der Waals surface area (Å²) in [5.74, 6) is 2.44. The SMILES string of the molecule is Cc1ccccc1NC(=O)NC(C)C1CC2CCC1C2. The van der Waals surface area contributed by atoms with Gasteiger partial charge in [-0.2, -0.15) is 0 Å². The highest BCUT2D eigenvalue weighted by Crippen LogP contribution is 2.49. The van der Waals surface area contributed by atoms with E-state index in [9.17, 15) is 4.79 Å². The summed E-state index contributed by atoms with van der Waals surface area (Å²) in [7, 11) is 0. The van der Waals surface area contributed by atoms with Gasteiger partial charge < -0.3 is 10.6 Å². The van der Waals surface area contributed by atoms with Gasteiger partial charge in [0.2, 0.25) is 0 Å². The molecule has 4 atom stereocenters. The van der Waals surface area contributed by atoms with Crippen LogP contribution in [-0.2, 0) is 0 Å². The molecule has 2 fully saturated rings. The standard InChI is InChI=1S/C17H24N2O/c1-11-5-3-4-6-16(11)19-17(20)18-12(2)15-10-13-7-8-14(15)9-13/h3-6,12-15H,7-10H2,1-2H3,(H2,18,19,20). The Labute approximate surface area is 121 Å². The quantitative estimate of drug-likeness (QED) is 0.859. The van der Waals surface area contributed by atoms with Crippen LogP contribution >= 0.6 is 0 Å². The third-order valence-electron chi connectivity index (χ3n) is 5.19. The van der Waals surface area contributed by atoms with E-state index in [1.54, 1.807) is 0 Å². The van der Waals surface area contributed by atoms with Gasteiger partial charge >= 0.3 is 6.03 Å². The van der Waals surface area contributed by atoms with Gasteiger partial charge in [0.05, 0.1) is 0 Å². The first-order chi connectivity index (χ1) is 9.63. The molecule has 0 saturated heterocycles. The zero-order valence-electron chi connectivity index (χ0n) is 12.4. The molecular weight excluding hydrogens is 248 g/mol. The molecule has 20 heavy (non-hydrogen) atoms. The lowest BCUT2D eigenvalue weighted by Gasteiger charge is -2.28. The highest BCUT2D eigenvalue weighted by Gasteiger charge is 2.42. The molecule has 2 aliphatic rings. The maximum atomic E-state index is 12.1. The summed E-state index contributed by atoms with van der Waals surface area (Å²) in [4.78, 5) is 12.1. The van der Waals surface area contributed by atoms with Crippen LogP contribution in [0.2, 0.25) is 0 Å². The zero-order chi connectivity index (χ0) is 14.1. The number of anilines is 1. The number of nitrogens with one attached hydrogen (secondary N) is 2. The van der Waals surface area contributed by atoms with E-state index in [0.29, 0.717) is 5.92 Å². The third kappa shape index (κ3) is 2.67. The highest BCUT2D eigenvalue weighted by atomic mass is 16.2. The fourth-order valence-corrected chi connectivity index (χ4v) is 4.09. The zero-order valence-corrected chi connectivity index (χ0v) is 12.4.